The summed E-state index contributed by atoms with van der Waals surface area (Å²) in [4.78, 5) is 0. The Morgan fingerprint density at radius 3 is 2.82 bits per heavy atom. The molecule has 0 unspecified atom stereocenters. The lowest BCUT2D eigenvalue weighted by Gasteiger charge is -2.02. The van der Waals surface area contributed by atoms with Crippen LogP contribution in [0.1, 0.15) is 18.4 Å². The monoisotopic (exact) mass is 142 g/mol. The van der Waals surface area contributed by atoms with E-state index in [1.54, 1.807) is 0 Å². The lowest BCUT2D eigenvalue weighted by Crippen LogP contribution is -2.00. The summed E-state index contributed by atoms with van der Waals surface area (Å²) >= 11 is 0. The van der Waals surface area contributed by atoms with Crippen molar-refractivity contribution in [2.45, 2.75) is 18.3 Å². The van der Waals surface area contributed by atoms with E-state index in [2.05, 4.69) is 12.1 Å². The summed E-state index contributed by atoms with van der Waals surface area (Å²) in [6.45, 7) is 0. The summed E-state index contributed by atoms with van der Waals surface area (Å²) in [5, 5.41) is 8.85. The van der Waals surface area contributed by atoms with Crippen molar-refractivity contribution >= 4 is 0 Å². The summed E-state index contributed by atoms with van der Waals surface area (Å²) in [7, 11) is 0. The largest absolute Gasteiger partial charge is 0.197 e. The first-order valence-electron chi connectivity index (χ1n) is 3.75. The molecule has 0 amide bonds. The quantitative estimate of drug-likeness (QED) is 0.588. The average Bonchev–Trinajstić information content (AvgIpc) is 2.86. The van der Waals surface area contributed by atoms with E-state index in [4.69, 9.17) is 5.26 Å². The molecule has 0 saturated heterocycles. The fourth-order valence-electron chi connectivity index (χ4n) is 1.28. The van der Waals surface area contributed by atoms with Crippen LogP contribution in [0.15, 0.2) is 24.3 Å². The van der Waals surface area contributed by atoms with E-state index in [9.17, 15) is 0 Å². The van der Waals surface area contributed by atoms with Crippen molar-refractivity contribution in [3.05, 3.63) is 35.9 Å². The highest BCUT2D eigenvalue weighted by molar-refractivity contribution is 5.37. The number of nitrogens with zero attached hydrogens (tertiary/aromatic N) is 1. The molecule has 0 bridgehead atoms. The molecule has 1 heteroatoms. The van der Waals surface area contributed by atoms with E-state index in [0.29, 0.717) is 0 Å². The maximum absolute atomic E-state index is 8.85. The van der Waals surface area contributed by atoms with Gasteiger partial charge in [-0.25, -0.2) is 0 Å². The van der Waals surface area contributed by atoms with Gasteiger partial charge in [-0.1, -0.05) is 18.2 Å². The predicted molar refractivity (Wildman–Crippen MR) is 41.8 cm³/mol. The molecule has 0 heterocycles. The van der Waals surface area contributed by atoms with Crippen LogP contribution in [0.2, 0.25) is 0 Å². The van der Waals surface area contributed by atoms with Crippen LogP contribution in [0, 0.1) is 17.4 Å². The smallest absolute Gasteiger partial charge is 0.0824 e. The molecular weight excluding hydrogens is 134 g/mol. The lowest BCUT2D eigenvalue weighted by atomic mass is 9.98. The molecule has 53 valence electrons. The SMILES string of the molecule is N#CC1(c2c[c]ccc2)CC1. The Labute approximate surface area is 66.3 Å². The Balaban J connectivity index is 2.39. The van der Waals surface area contributed by atoms with Crippen molar-refractivity contribution < 1.29 is 0 Å². The fraction of sp³-hybridized carbons (Fsp3) is 0.300. The molecule has 0 aromatic heterocycles. The molecule has 0 spiro atoms. The number of benzene rings is 1. The number of rotatable bonds is 1. The van der Waals surface area contributed by atoms with Gasteiger partial charge in [0, 0.05) is 0 Å². The summed E-state index contributed by atoms with van der Waals surface area (Å²) in [6, 6.07) is 13.1. The molecule has 1 radical (unpaired) electrons. The Morgan fingerprint density at radius 1 is 1.55 bits per heavy atom. The van der Waals surface area contributed by atoms with Crippen molar-refractivity contribution in [1.82, 2.24) is 0 Å². The van der Waals surface area contributed by atoms with E-state index in [0.717, 1.165) is 18.4 Å². The summed E-state index contributed by atoms with van der Waals surface area (Å²) < 4.78 is 0. The predicted octanol–water partition coefficient (Wildman–Crippen LogP) is 2.04. The maximum atomic E-state index is 8.85. The van der Waals surface area contributed by atoms with Gasteiger partial charge in [0.1, 0.15) is 0 Å². The zero-order valence-corrected chi connectivity index (χ0v) is 6.17. The second kappa shape index (κ2) is 2.10. The number of hydrogen-bond acceptors (Lipinski definition) is 1. The minimum atomic E-state index is -0.141. The van der Waals surface area contributed by atoms with Gasteiger partial charge in [-0.3, -0.25) is 0 Å². The zero-order chi connectivity index (χ0) is 7.73. The molecule has 1 aliphatic carbocycles. The molecule has 11 heavy (non-hydrogen) atoms. The number of nitriles is 1. The van der Waals surface area contributed by atoms with Gasteiger partial charge < -0.3 is 0 Å². The minimum Gasteiger partial charge on any atom is -0.197 e. The third-order valence-corrected chi connectivity index (χ3v) is 2.22. The van der Waals surface area contributed by atoms with Crippen molar-refractivity contribution in [3.63, 3.8) is 0 Å². The normalized spacial score (nSPS) is 18.8. The molecule has 2 rings (SSSR count). The van der Waals surface area contributed by atoms with E-state index in [1.165, 1.54) is 0 Å². The lowest BCUT2D eigenvalue weighted by molar-refractivity contribution is 0.908. The van der Waals surface area contributed by atoms with Crippen LogP contribution in [0.5, 0.6) is 0 Å². The highest BCUT2D eigenvalue weighted by Crippen LogP contribution is 2.47. The Hall–Kier alpha value is -1.29. The van der Waals surface area contributed by atoms with Crippen LogP contribution < -0.4 is 0 Å². The van der Waals surface area contributed by atoms with Crippen LogP contribution in [-0.2, 0) is 5.41 Å². The van der Waals surface area contributed by atoms with Gasteiger partial charge in [-0.15, -0.1) is 0 Å². The van der Waals surface area contributed by atoms with Crippen molar-refractivity contribution in [2.75, 3.05) is 0 Å². The Morgan fingerprint density at radius 2 is 2.36 bits per heavy atom. The van der Waals surface area contributed by atoms with Crippen molar-refractivity contribution in [3.8, 4) is 6.07 Å². The van der Waals surface area contributed by atoms with Crippen LogP contribution in [0.3, 0.4) is 0 Å². The van der Waals surface area contributed by atoms with E-state index in [-0.39, 0.29) is 5.41 Å². The highest BCUT2D eigenvalue weighted by atomic mass is 14.5. The summed E-state index contributed by atoms with van der Waals surface area (Å²) in [5.41, 5.74) is 0.986. The van der Waals surface area contributed by atoms with Gasteiger partial charge in [0.25, 0.3) is 0 Å². The number of hydrogen-bond donors (Lipinski definition) is 0. The van der Waals surface area contributed by atoms with Gasteiger partial charge in [0.2, 0.25) is 0 Å². The summed E-state index contributed by atoms with van der Waals surface area (Å²) in [5.74, 6) is 0. The minimum absolute atomic E-state index is 0.141. The zero-order valence-electron chi connectivity index (χ0n) is 6.17. The molecule has 0 aliphatic heterocycles. The second-order valence-corrected chi connectivity index (χ2v) is 2.99. The van der Waals surface area contributed by atoms with Gasteiger partial charge in [0.15, 0.2) is 0 Å². The molecule has 1 nitrogen and oxygen atoms in total. The van der Waals surface area contributed by atoms with E-state index < -0.39 is 0 Å². The Bertz CT molecular complexity index is 290. The first-order chi connectivity index (χ1) is 5.37. The van der Waals surface area contributed by atoms with Crippen LogP contribution >= 0.6 is 0 Å². The van der Waals surface area contributed by atoms with Crippen LogP contribution in [0.25, 0.3) is 0 Å². The van der Waals surface area contributed by atoms with Gasteiger partial charge >= 0.3 is 0 Å². The molecule has 1 saturated carbocycles. The van der Waals surface area contributed by atoms with Crippen molar-refractivity contribution in [2.24, 2.45) is 0 Å². The molecular formula is C10H8N. The molecule has 0 atom stereocenters. The van der Waals surface area contributed by atoms with E-state index in [1.807, 2.05) is 24.3 Å². The Kier molecular flexibility index (Phi) is 1.22. The first kappa shape index (κ1) is 6.42. The molecule has 1 aromatic carbocycles. The van der Waals surface area contributed by atoms with Gasteiger partial charge in [-0.05, 0) is 30.5 Å². The third-order valence-electron chi connectivity index (χ3n) is 2.22. The topological polar surface area (TPSA) is 23.8 Å². The molecule has 0 N–H and O–H groups in total. The maximum Gasteiger partial charge on any atom is 0.0824 e. The highest BCUT2D eigenvalue weighted by Gasteiger charge is 2.44. The molecule has 1 aromatic rings. The van der Waals surface area contributed by atoms with Gasteiger partial charge in [-0.2, -0.15) is 5.26 Å². The standard InChI is InChI=1S/C10H8N/c11-8-10(6-7-10)9-4-2-1-3-5-9/h1-2,4-5H,6-7H2. The second-order valence-electron chi connectivity index (χ2n) is 2.99. The van der Waals surface area contributed by atoms with Crippen LogP contribution in [-0.4, -0.2) is 0 Å². The fourth-order valence-corrected chi connectivity index (χ4v) is 1.28. The third kappa shape index (κ3) is 0.914. The van der Waals surface area contributed by atoms with Crippen molar-refractivity contribution in [1.29, 1.82) is 5.26 Å². The summed E-state index contributed by atoms with van der Waals surface area (Å²) in [6.07, 6.45) is 2.03. The van der Waals surface area contributed by atoms with Crippen LogP contribution in [0.4, 0.5) is 0 Å². The van der Waals surface area contributed by atoms with Gasteiger partial charge in [0.05, 0.1) is 11.5 Å². The average molecular weight is 142 g/mol. The molecule has 1 aliphatic rings. The van der Waals surface area contributed by atoms with E-state index >= 15 is 0 Å². The molecule has 1 fully saturated rings. The first-order valence-corrected chi connectivity index (χ1v) is 3.75.